The van der Waals surface area contributed by atoms with Crippen molar-refractivity contribution in [3.63, 3.8) is 0 Å². The Bertz CT molecular complexity index is 175. The first-order valence-corrected chi connectivity index (χ1v) is 4.88. The molecule has 0 aliphatic heterocycles. The molecule has 0 aliphatic carbocycles. The van der Waals surface area contributed by atoms with Crippen molar-refractivity contribution in [3.8, 4) is 0 Å². The molecule has 12 heavy (non-hydrogen) atoms. The van der Waals surface area contributed by atoms with E-state index in [0.717, 1.165) is 0 Å². The number of ketones is 1. The van der Waals surface area contributed by atoms with Gasteiger partial charge in [0.1, 0.15) is 0 Å². The SMILES string of the molecule is CCSC(CC)(C(C)=O)C(=O)O. The van der Waals surface area contributed by atoms with Crippen LogP contribution < -0.4 is 0 Å². The smallest absolute Gasteiger partial charge is 0.327 e. The quantitative estimate of drug-likeness (QED) is 0.668. The van der Waals surface area contributed by atoms with Crippen molar-refractivity contribution in [2.45, 2.75) is 31.9 Å². The molecule has 0 saturated heterocycles. The first-order valence-electron chi connectivity index (χ1n) is 3.89. The molecule has 0 aromatic carbocycles. The van der Waals surface area contributed by atoms with Gasteiger partial charge in [-0.05, 0) is 19.1 Å². The van der Waals surface area contributed by atoms with E-state index < -0.39 is 10.7 Å². The van der Waals surface area contributed by atoms with E-state index in [1.807, 2.05) is 6.92 Å². The third-order valence-electron chi connectivity index (χ3n) is 1.80. The van der Waals surface area contributed by atoms with E-state index in [-0.39, 0.29) is 5.78 Å². The van der Waals surface area contributed by atoms with Crippen LogP contribution in [0.4, 0.5) is 0 Å². The Hall–Kier alpha value is -0.510. The van der Waals surface area contributed by atoms with Gasteiger partial charge in [-0.1, -0.05) is 13.8 Å². The largest absolute Gasteiger partial charge is 0.480 e. The van der Waals surface area contributed by atoms with E-state index in [1.54, 1.807) is 6.92 Å². The van der Waals surface area contributed by atoms with Gasteiger partial charge in [-0.25, -0.2) is 0 Å². The number of carboxylic acid groups (broad SMARTS) is 1. The minimum Gasteiger partial charge on any atom is -0.480 e. The van der Waals surface area contributed by atoms with Gasteiger partial charge >= 0.3 is 5.97 Å². The molecule has 4 heteroatoms. The molecule has 0 heterocycles. The molecule has 0 bridgehead atoms. The van der Waals surface area contributed by atoms with Gasteiger partial charge in [0.25, 0.3) is 0 Å². The fourth-order valence-electron chi connectivity index (χ4n) is 1.06. The van der Waals surface area contributed by atoms with Gasteiger partial charge in [-0.15, -0.1) is 11.8 Å². The molecular weight excluding hydrogens is 176 g/mol. The number of rotatable bonds is 5. The average molecular weight is 190 g/mol. The molecule has 1 atom stereocenters. The Kier molecular flexibility index (Phi) is 4.31. The molecule has 0 aliphatic rings. The minimum atomic E-state index is -1.21. The highest BCUT2D eigenvalue weighted by atomic mass is 32.2. The number of carbonyl (C=O) groups is 2. The van der Waals surface area contributed by atoms with Gasteiger partial charge in [-0.3, -0.25) is 9.59 Å². The van der Waals surface area contributed by atoms with Gasteiger partial charge in [0, 0.05) is 0 Å². The Morgan fingerprint density at radius 2 is 1.92 bits per heavy atom. The molecule has 1 N–H and O–H groups in total. The van der Waals surface area contributed by atoms with E-state index in [2.05, 4.69) is 0 Å². The number of carboxylic acids is 1. The summed E-state index contributed by atoms with van der Waals surface area (Å²) in [6, 6.07) is 0. The summed E-state index contributed by atoms with van der Waals surface area (Å²) in [6.45, 7) is 4.90. The highest BCUT2D eigenvalue weighted by Gasteiger charge is 2.41. The van der Waals surface area contributed by atoms with Crippen LogP contribution in [0.2, 0.25) is 0 Å². The summed E-state index contributed by atoms with van der Waals surface area (Å²) in [5.41, 5.74) is 0. The molecule has 3 nitrogen and oxygen atoms in total. The van der Waals surface area contributed by atoms with E-state index in [0.29, 0.717) is 12.2 Å². The van der Waals surface area contributed by atoms with Crippen molar-refractivity contribution in [1.82, 2.24) is 0 Å². The van der Waals surface area contributed by atoms with E-state index in [9.17, 15) is 9.59 Å². The lowest BCUT2D eigenvalue weighted by atomic mass is 10.0. The highest BCUT2D eigenvalue weighted by Crippen LogP contribution is 2.30. The van der Waals surface area contributed by atoms with E-state index in [4.69, 9.17) is 5.11 Å². The van der Waals surface area contributed by atoms with Crippen LogP contribution in [0.25, 0.3) is 0 Å². The monoisotopic (exact) mass is 190 g/mol. The second kappa shape index (κ2) is 4.50. The lowest BCUT2D eigenvalue weighted by molar-refractivity contribution is -0.143. The molecule has 0 rings (SSSR count). The van der Waals surface area contributed by atoms with Gasteiger partial charge in [0.2, 0.25) is 0 Å². The summed E-state index contributed by atoms with van der Waals surface area (Å²) in [5.74, 6) is -0.659. The van der Waals surface area contributed by atoms with Gasteiger partial charge in [0.15, 0.2) is 10.5 Å². The van der Waals surface area contributed by atoms with E-state index in [1.165, 1.54) is 18.7 Å². The molecule has 0 spiro atoms. The molecular formula is C8H14O3S. The van der Waals surface area contributed by atoms with Crippen LogP contribution in [-0.4, -0.2) is 27.4 Å². The predicted molar refractivity (Wildman–Crippen MR) is 49.5 cm³/mol. The Morgan fingerprint density at radius 1 is 1.42 bits per heavy atom. The van der Waals surface area contributed by atoms with Crippen molar-refractivity contribution >= 4 is 23.5 Å². The Labute approximate surface area is 76.5 Å². The summed E-state index contributed by atoms with van der Waals surface area (Å²) in [5, 5.41) is 8.88. The van der Waals surface area contributed by atoms with Gasteiger partial charge < -0.3 is 5.11 Å². The van der Waals surface area contributed by atoms with Crippen molar-refractivity contribution in [1.29, 1.82) is 0 Å². The van der Waals surface area contributed by atoms with Crippen LogP contribution in [0.15, 0.2) is 0 Å². The minimum absolute atomic E-state index is 0.274. The van der Waals surface area contributed by atoms with Crippen molar-refractivity contribution in [3.05, 3.63) is 0 Å². The van der Waals surface area contributed by atoms with Gasteiger partial charge in [-0.2, -0.15) is 0 Å². The van der Waals surface area contributed by atoms with Crippen LogP contribution in [0.3, 0.4) is 0 Å². The fraction of sp³-hybridized carbons (Fsp3) is 0.750. The number of hydrogen-bond acceptors (Lipinski definition) is 3. The summed E-state index contributed by atoms with van der Waals surface area (Å²) in [4.78, 5) is 22.0. The van der Waals surface area contributed by atoms with Gasteiger partial charge in [0.05, 0.1) is 0 Å². The fourth-order valence-corrected chi connectivity index (χ4v) is 2.09. The first-order chi connectivity index (χ1) is 5.51. The molecule has 0 aromatic rings. The summed E-state index contributed by atoms with van der Waals surface area (Å²) in [7, 11) is 0. The maximum absolute atomic E-state index is 11.1. The molecule has 0 radical (unpaired) electrons. The second-order valence-corrected chi connectivity index (χ2v) is 4.04. The van der Waals surface area contributed by atoms with Crippen molar-refractivity contribution in [2.24, 2.45) is 0 Å². The predicted octanol–water partition coefficient (Wildman–Crippen LogP) is 1.56. The molecule has 0 aromatic heterocycles. The van der Waals surface area contributed by atoms with Crippen LogP contribution in [0.1, 0.15) is 27.2 Å². The topological polar surface area (TPSA) is 54.4 Å². The van der Waals surface area contributed by atoms with Crippen LogP contribution in [0.5, 0.6) is 0 Å². The first kappa shape index (κ1) is 11.5. The zero-order valence-corrected chi connectivity index (χ0v) is 8.40. The number of carbonyl (C=O) groups excluding carboxylic acids is 1. The lowest BCUT2D eigenvalue weighted by Crippen LogP contribution is -2.41. The standard InChI is InChI=1S/C8H14O3S/c1-4-8(6(3)9,7(10)11)12-5-2/h4-5H2,1-3H3,(H,10,11). The maximum atomic E-state index is 11.1. The average Bonchev–Trinajstić information content (AvgIpc) is 1.98. The third kappa shape index (κ3) is 2.00. The van der Waals surface area contributed by atoms with Crippen LogP contribution in [0, 0.1) is 0 Å². The molecule has 0 fully saturated rings. The summed E-state index contributed by atoms with van der Waals surface area (Å²) >= 11 is 1.19. The Balaban J connectivity index is 4.76. The highest BCUT2D eigenvalue weighted by molar-refractivity contribution is 8.02. The van der Waals surface area contributed by atoms with Crippen molar-refractivity contribution < 1.29 is 14.7 Å². The van der Waals surface area contributed by atoms with Crippen LogP contribution >= 0.6 is 11.8 Å². The van der Waals surface area contributed by atoms with Crippen LogP contribution in [-0.2, 0) is 9.59 Å². The summed E-state index contributed by atoms with van der Waals surface area (Å²) in [6.07, 6.45) is 0.343. The second-order valence-electron chi connectivity index (χ2n) is 2.47. The maximum Gasteiger partial charge on any atom is 0.327 e. The lowest BCUT2D eigenvalue weighted by Gasteiger charge is -2.23. The molecule has 70 valence electrons. The number of hydrogen-bond donors (Lipinski definition) is 1. The Morgan fingerprint density at radius 3 is 2.00 bits per heavy atom. The normalized spacial score (nSPS) is 15.2. The summed E-state index contributed by atoms with van der Waals surface area (Å²) < 4.78 is -1.21. The number of aliphatic carboxylic acids is 1. The van der Waals surface area contributed by atoms with Crippen molar-refractivity contribution in [2.75, 3.05) is 5.75 Å². The number of thioether (sulfide) groups is 1. The van der Waals surface area contributed by atoms with E-state index >= 15 is 0 Å². The third-order valence-corrected chi connectivity index (χ3v) is 3.34. The molecule has 1 unspecified atom stereocenters. The zero-order valence-electron chi connectivity index (χ0n) is 7.59. The number of Topliss-reactive ketones (excluding diaryl/α,β-unsaturated/α-hetero) is 1. The molecule has 0 amide bonds. The zero-order chi connectivity index (χ0) is 9.78. The molecule has 0 saturated carbocycles.